The molecule has 0 saturated carbocycles. The van der Waals surface area contributed by atoms with Crippen LogP contribution in [0, 0.1) is 11.8 Å². The van der Waals surface area contributed by atoms with Gasteiger partial charge in [0.15, 0.2) is 0 Å². The van der Waals surface area contributed by atoms with E-state index in [0.29, 0.717) is 35.9 Å². The molecule has 27 heavy (non-hydrogen) atoms. The zero-order chi connectivity index (χ0) is 18.5. The van der Waals surface area contributed by atoms with Gasteiger partial charge in [0.25, 0.3) is 5.91 Å². The number of carbonyl (C=O) groups excluding carboxylic acids is 1. The molecule has 0 fully saturated rings. The Morgan fingerprint density at radius 2 is 1.93 bits per heavy atom. The summed E-state index contributed by atoms with van der Waals surface area (Å²) in [6, 6.07) is 16.8. The van der Waals surface area contributed by atoms with Crippen molar-refractivity contribution >= 4 is 28.8 Å². The highest BCUT2D eigenvalue weighted by Gasteiger charge is 2.17. The van der Waals surface area contributed by atoms with Gasteiger partial charge in [-0.3, -0.25) is 4.79 Å². The molecule has 1 N–H and O–H groups in total. The highest BCUT2D eigenvalue weighted by atomic mass is 32.1. The van der Waals surface area contributed by atoms with Gasteiger partial charge in [0.05, 0.1) is 23.4 Å². The summed E-state index contributed by atoms with van der Waals surface area (Å²) in [7, 11) is 0. The number of amides is 1. The normalized spacial score (nSPS) is 12.5. The Bertz CT molecular complexity index is 1060. The first-order valence-corrected chi connectivity index (χ1v) is 9.47. The van der Waals surface area contributed by atoms with E-state index in [1.54, 1.807) is 17.4 Å². The number of hydrogen-bond donors (Lipinski definition) is 1. The molecule has 1 amide bonds. The standard InChI is InChI=1S/C22H16N2O2S/c25-21(24-20-8-4-3-7-19(20)22-23-12-13-26-22)18-6-2-1-5-17(18)10-9-16-11-14-27-15-16/h1-8,11,14-15H,12-13H2,(H,24,25). The molecule has 0 spiro atoms. The third-order valence-corrected chi connectivity index (χ3v) is 4.71. The highest BCUT2D eigenvalue weighted by molar-refractivity contribution is 7.08. The van der Waals surface area contributed by atoms with Gasteiger partial charge in [-0.2, -0.15) is 11.3 Å². The molecule has 1 aromatic heterocycles. The summed E-state index contributed by atoms with van der Waals surface area (Å²) in [5.41, 5.74) is 3.61. The van der Waals surface area contributed by atoms with Crippen LogP contribution in [0.3, 0.4) is 0 Å². The number of para-hydroxylation sites is 1. The van der Waals surface area contributed by atoms with Crippen molar-refractivity contribution in [3.63, 3.8) is 0 Å². The van der Waals surface area contributed by atoms with Crippen LogP contribution < -0.4 is 5.32 Å². The van der Waals surface area contributed by atoms with Crippen molar-refractivity contribution < 1.29 is 9.53 Å². The van der Waals surface area contributed by atoms with Crippen molar-refractivity contribution in [2.45, 2.75) is 0 Å². The lowest BCUT2D eigenvalue weighted by Crippen LogP contribution is -2.16. The monoisotopic (exact) mass is 372 g/mol. The van der Waals surface area contributed by atoms with Crippen LogP contribution in [-0.2, 0) is 4.74 Å². The van der Waals surface area contributed by atoms with Gasteiger partial charge in [-0.15, -0.1) is 0 Å². The van der Waals surface area contributed by atoms with Crippen molar-refractivity contribution in [1.29, 1.82) is 0 Å². The molecule has 0 atom stereocenters. The first kappa shape index (κ1) is 17.1. The minimum absolute atomic E-state index is 0.212. The Kier molecular flexibility index (Phi) is 4.99. The summed E-state index contributed by atoms with van der Waals surface area (Å²) in [5, 5.41) is 6.93. The van der Waals surface area contributed by atoms with Crippen LogP contribution in [0.15, 0.2) is 70.3 Å². The summed E-state index contributed by atoms with van der Waals surface area (Å²) < 4.78 is 5.55. The Morgan fingerprint density at radius 1 is 1.07 bits per heavy atom. The maximum Gasteiger partial charge on any atom is 0.256 e. The van der Waals surface area contributed by atoms with E-state index in [1.165, 1.54) is 0 Å². The Labute approximate surface area is 161 Å². The zero-order valence-electron chi connectivity index (χ0n) is 14.4. The molecule has 1 aliphatic heterocycles. The van der Waals surface area contributed by atoms with Gasteiger partial charge >= 0.3 is 0 Å². The van der Waals surface area contributed by atoms with E-state index < -0.39 is 0 Å². The van der Waals surface area contributed by atoms with Crippen LogP contribution in [0.2, 0.25) is 0 Å². The van der Waals surface area contributed by atoms with Gasteiger partial charge in [0.1, 0.15) is 6.61 Å². The molecule has 2 heterocycles. The van der Waals surface area contributed by atoms with Crippen molar-refractivity contribution in [2.75, 3.05) is 18.5 Å². The Balaban J connectivity index is 1.62. The predicted octanol–water partition coefficient (Wildman–Crippen LogP) is 4.18. The molecule has 5 heteroatoms. The number of anilines is 1. The lowest BCUT2D eigenvalue weighted by Gasteiger charge is -2.11. The molecule has 0 unspecified atom stereocenters. The number of aliphatic imine (C=N–C) groups is 1. The summed E-state index contributed by atoms with van der Waals surface area (Å²) in [6.07, 6.45) is 0. The summed E-state index contributed by atoms with van der Waals surface area (Å²) in [6.45, 7) is 1.21. The predicted molar refractivity (Wildman–Crippen MR) is 108 cm³/mol. The number of carbonyl (C=O) groups is 1. The number of ether oxygens (including phenoxy) is 1. The fraction of sp³-hybridized carbons (Fsp3) is 0.0909. The van der Waals surface area contributed by atoms with E-state index in [-0.39, 0.29) is 5.91 Å². The van der Waals surface area contributed by atoms with Crippen molar-refractivity contribution in [3.8, 4) is 11.8 Å². The molecular formula is C22H16N2O2S. The maximum atomic E-state index is 12.9. The van der Waals surface area contributed by atoms with Gasteiger partial charge in [-0.25, -0.2) is 4.99 Å². The fourth-order valence-corrected chi connectivity index (χ4v) is 3.32. The number of nitrogens with zero attached hydrogens (tertiary/aromatic N) is 1. The number of nitrogens with one attached hydrogen (secondary N) is 1. The number of rotatable bonds is 3. The molecule has 2 aromatic carbocycles. The van der Waals surface area contributed by atoms with Crippen LogP contribution in [0.4, 0.5) is 5.69 Å². The Morgan fingerprint density at radius 3 is 2.74 bits per heavy atom. The minimum atomic E-state index is -0.212. The quantitative estimate of drug-likeness (QED) is 0.702. The van der Waals surface area contributed by atoms with E-state index in [4.69, 9.17) is 4.74 Å². The van der Waals surface area contributed by atoms with E-state index in [2.05, 4.69) is 22.2 Å². The first-order valence-electron chi connectivity index (χ1n) is 8.52. The smallest absolute Gasteiger partial charge is 0.256 e. The number of thiophene rings is 1. The van der Waals surface area contributed by atoms with Crippen LogP contribution in [0.25, 0.3) is 0 Å². The van der Waals surface area contributed by atoms with Crippen LogP contribution in [0.5, 0.6) is 0 Å². The molecule has 0 saturated heterocycles. The first-order chi connectivity index (χ1) is 13.3. The largest absolute Gasteiger partial charge is 0.475 e. The van der Waals surface area contributed by atoms with Crippen molar-refractivity contribution in [1.82, 2.24) is 0 Å². The lowest BCUT2D eigenvalue weighted by atomic mass is 10.1. The Hall–Kier alpha value is -3.36. The number of hydrogen-bond acceptors (Lipinski definition) is 4. The SMILES string of the molecule is O=C(Nc1ccccc1C1=NCCO1)c1ccccc1C#Cc1ccsc1. The van der Waals surface area contributed by atoms with Gasteiger partial charge in [-0.05, 0) is 35.7 Å². The van der Waals surface area contributed by atoms with Crippen molar-refractivity contribution in [3.05, 3.63) is 87.6 Å². The van der Waals surface area contributed by atoms with E-state index in [1.807, 2.05) is 59.3 Å². The van der Waals surface area contributed by atoms with Crippen LogP contribution >= 0.6 is 11.3 Å². The molecular weight excluding hydrogens is 356 g/mol. The van der Waals surface area contributed by atoms with Gasteiger partial charge in [0.2, 0.25) is 5.90 Å². The third-order valence-electron chi connectivity index (χ3n) is 4.03. The lowest BCUT2D eigenvalue weighted by molar-refractivity contribution is 0.102. The maximum absolute atomic E-state index is 12.9. The molecule has 0 aliphatic carbocycles. The van der Waals surface area contributed by atoms with Gasteiger partial charge in [0, 0.05) is 16.5 Å². The molecule has 4 rings (SSSR count). The van der Waals surface area contributed by atoms with Gasteiger partial charge in [-0.1, -0.05) is 36.1 Å². The van der Waals surface area contributed by atoms with E-state index in [9.17, 15) is 4.79 Å². The zero-order valence-corrected chi connectivity index (χ0v) is 15.3. The van der Waals surface area contributed by atoms with Crippen LogP contribution in [0.1, 0.15) is 27.0 Å². The average Bonchev–Trinajstić information content (AvgIpc) is 3.41. The minimum Gasteiger partial charge on any atom is -0.475 e. The van der Waals surface area contributed by atoms with Gasteiger partial charge < -0.3 is 10.1 Å². The summed E-state index contributed by atoms with van der Waals surface area (Å²) in [5.74, 6) is 6.55. The van der Waals surface area contributed by atoms with Crippen molar-refractivity contribution in [2.24, 2.45) is 4.99 Å². The third kappa shape index (κ3) is 3.91. The second-order valence-electron chi connectivity index (χ2n) is 5.84. The van der Waals surface area contributed by atoms with E-state index in [0.717, 1.165) is 11.1 Å². The average molecular weight is 372 g/mol. The molecule has 0 bridgehead atoms. The highest BCUT2D eigenvalue weighted by Crippen LogP contribution is 2.20. The molecule has 3 aromatic rings. The molecule has 4 nitrogen and oxygen atoms in total. The number of benzene rings is 2. The molecule has 1 aliphatic rings. The molecule has 132 valence electrons. The molecule has 0 radical (unpaired) electrons. The van der Waals surface area contributed by atoms with E-state index >= 15 is 0 Å². The fourth-order valence-electron chi connectivity index (χ4n) is 2.73. The second-order valence-corrected chi connectivity index (χ2v) is 6.62. The van der Waals surface area contributed by atoms with Crippen LogP contribution in [-0.4, -0.2) is 25.0 Å². The summed E-state index contributed by atoms with van der Waals surface area (Å²) in [4.78, 5) is 17.2. The topological polar surface area (TPSA) is 50.7 Å². The second kappa shape index (κ2) is 7.90. The summed E-state index contributed by atoms with van der Waals surface area (Å²) >= 11 is 1.60.